The molecule has 1 N–H and O–H groups in total. The Labute approximate surface area is 189 Å². The fraction of sp³-hybridized carbons (Fsp3) is 0.533. The molecule has 0 saturated heterocycles. The Morgan fingerprint density at radius 2 is 0.857 bits per heavy atom. The minimum absolute atomic E-state index is 0.0297. The van der Waals surface area contributed by atoms with Crippen LogP contribution in [0.25, 0.3) is 0 Å². The van der Waals surface area contributed by atoms with Gasteiger partial charge in [0.25, 0.3) is 0 Å². The van der Waals surface area contributed by atoms with Crippen molar-refractivity contribution in [1.29, 1.82) is 0 Å². The first kappa shape index (κ1) is 31.0. The van der Waals surface area contributed by atoms with Gasteiger partial charge in [0.05, 0.1) is 0 Å². The van der Waals surface area contributed by atoms with Crippen molar-refractivity contribution in [1.82, 2.24) is 0 Å². The van der Waals surface area contributed by atoms with Gasteiger partial charge in [-0.15, -0.1) is 0 Å². The Morgan fingerprint density at radius 1 is 0.543 bits per heavy atom. The number of benzene rings is 1. The van der Waals surface area contributed by atoms with Crippen LogP contribution in [0, 0.1) is 0 Å². The molecule has 0 aliphatic heterocycles. The Balaban J connectivity index is 3.76. The third kappa shape index (κ3) is 4.17. The van der Waals surface area contributed by atoms with E-state index < -0.39 is 58.9 Å². The third-order valence-electron chi connectivity index (χ3n) is 4.24. The molecule has 0 amide bonds. The molecule has 0 bridgehead atoms. The number of halogens is 18. The van der Waals surface area contributed by atoms with Crippen LogP contribution in [-0.2, 0) is 0 Å². The zero-order valence-electron chi connectivity index (χ0n) is 15.5. The van der Waals surface area contributed by atoms with Gasteiger partial charge in [0.1, 0.15) is 0 Å². The molecule has 35 heavy (non-hydrogen) atoms. The van der Waals surface area contributed by atoms with Gasteiger partial charge in [0, 0.05) is 10.0 Å². The van der Waals surface area contributed by atoms with Gasteiger partial charge in [-0.2, -0.15) is 74.6 Å². The van der Waals surface area contributed by atoms with Crippen molar-refractivity contribution >= 4 is 21.6 Å². The molecular weight excluding hydrogens is 613 g/mol. The second-order valence-corrected chi connectivity index (χ2v) is 7.39. The number of hydrogen-bond donors (Lipinski definition) is 1. The van der Waals surface area contributed by atoms with Gasteiger partial charge in [-0.3, -0.25) is 0 Å². The molecule has 0 radical (unpaired) electrons. The zero-order valence-corrected chi connectivity index (χ0v) is 17.1. The molecule has 0 aliphatic carbocycles. The summed E-state index contributed by atoms with van der Waals surface area (Å²) < 4.78 is 226. The average Bonchev–Trinajstić information content (AvgIpc) is 2.68. The summed E-state index contributed by atoms with van der Waals surface area (Å²) in [5.74, 6) is -57.7. The lowest BCUT2D eigenvalue weighted by atomic mass is 9.87. The largest absolute Gasteiger partial charge is 0.460 e. The molecule has 2 nitrogen and oxygen atoms in total. The van der Waals surface area contributed by atoms with E-state index in [1.54, 1.807) is 0 Å². The highest BCUT2D eigenvalue weighted by atomic mass is 79.9. The van der Waals surface area contributed by atoms with Crippen LogP contribution < -0.4 is 0 Å². The molecule has 1 rings (SSSR count). The number of rotatable bonds is 8. The van der Waals surface area contributed by atoms with Crippen molar-refractivity contribution in [2.24, 2.45) is 5.16 Å². The van der Waals surface area contributed by atoms with Crippen LogP contribution in [0.5, 0.6) is 0 Å². The maximum atomic E-state index is 14.2. The first-order valence-electron chi connectivity index (χ1n) is 7.90. The number of oxime groups is 1. The van der Waals surface area contributed by atoms with Crippen LogP contribution in [0.4, 0.5) is 74.6 Å². The summed E-state index contributed by atoms with van der Waals surface area (Å²) in [6.07, 6.45) is -7.82. The Kier molecular flexibility index (Phi) is 7.56. The molecule has 0 aliphatic rings. The summed E-state index contributed by atoms with van der Waals surface area (Å²) in [4.78, 5) is 0. The maximum absolute atomic E-state index is 14.2. The molecule has 1 aromatic rings. The highest BCUT2D eigenvalue weighted by Crippen LogP contribution is 2.64. The SMILES string of the molecule is O/N=C(\c1ccc(Br)cc1)C(F)(F)C(F)(F)C(F)(F)C(F)(F)C(F)(F)C(F)(F)C(F)(F)C(F)(F)F. The molecular formula is C15H5BrF17NO. The zero-order chi connectivity index (χ0) is 28.3. The van der Waals surface area contributed by atoms with Gasteiger partial charge in [-0.25, -0.2) is 0 Å². The van der Waals surface area contributed by atoms with Gasteiger partial charge in [-0.05, 0) is 12.1 Å². The van der Waals surface area contributed by atoms with Gasteiger partial charge in [0.15, 0.2) is 5.71 Å². The normalized spacial score (nSPS) is 16.0. The molecule has 0 atom stereocenters. The van der Waals surface area contributed by atoms with E-state index in [2.05, 4.69) is 15.9 Å². The first-order valence-corrected chi connectivity index (χ1v) is 8.69. The Morgan fingerprint density at radius 3 is 1.17 bits per heavy atom. The molecule has 0 unspecified atom stereocenters. The molecule has 202 valence electrons. The lowest BCUT2D eigenvalue weighted by Crippen LogP contribution is -2.75. The third-order valence-corrected chi connectivity index (χ3v) is 4.77. The summed E-state index contributed by atoms with van der Waals surface area (Å²) in [5, 5.41) is 10.0. The van der Waals surface area contributed by atoms with Crippen LogP contribution in [0.15, 0.2) is 33.9 Å². The van der Waals surface area contributed by atoms with Gasteiger partial charge in [0.2, 0.25) is 0 Å². The first-order chi connectivity index (χ1) is 15.2. The maximum Gasteiger partial charge on any atom is 0.460 e. The number of hydrogen-bond acceptors (Lipinski definition) is 2. The minimum Gasteiger partial charge on any atom is -0.410 e. The average molecular weight is 618 g/mol. The second-order valence-electron chi connectivity index (χ2n) is 6.47. The van der Waals surface area contributed by atoms with Crippen LogP contribution >= 0.6 is 15.9 Å². The Bertz CT molecular complexity index is 951. The van der Waals surface area contributed by atoms with Crippen molar-refractivity contribution < 1.29 is 79.8 Å². The van der Waals surface area contributed by atoms with E-state index in [1.165, 1.54) is 5.16 Å². The molecule has 0 heterocycles. The summed E-state index contributed by atoms with van der Waals surface area (Å²) >= 11 is 2.68. The standard InChI is InChI=1S/C15H5BrF17NO/c16-6-3-1-5(2-4-6)7(34-35)8(17,18)9(19,20)10(21,22)11(23,24)12(25,26)13(27,28)14(29,30)15(31,32)33/h1-4,35H/b34-7+. The summed E-state index contributed by atoms with van der Waals surface area (Å²) in [6.45, 7) is 0. The summed E-state index contributed by atoms with van der Waals surface area (Å²) in [5.41, 5.74) is -4.39. The van der Waals surface area contributed by atoms with E-state index >= 15 is 0 Å². The summed E-state index contributed by atoms with van der Waals surface area (Å²) in [6, 6.07) is 1.98. The smallest absolute Gasteiger partial charge is 0.410 e. The molecule has 0 spiro atoms. The highest BCUT2D eigenvalue weighted by molar-refractivity contribution is 9.10. The van der Waals surface area contributed by atoms with E-state index in [-0.39, 0.29) is 4.47 Å². The molecule has 0 aromatic heterocycles. The number of alkyl halides is 17. The lowest BCUT2D eigenvalue weighted by Gasteiger charge is -2.42. The monoisotopic (exact) mass is 617 g/mol. The fourth-order valence-corrected chi connectivity index (χ4v) is 2.49. The summed E-state index contributed by atoms with van der Waals surface area (Å²) in [7, 11) is 0. The minimum atomic E-state index is -8.73. The van der Waals surface area contributed by atoms with E-state index in [0.29, 0.717) is 24.3 Å². The van der Waals surface area contributed by atoms with Crippen LogP contribution in [-0.4, -0.2) is 58.6 Å². The van der Waals surface area contributed by atoms with Gasteiger partial charge < -0.3 is 5.21 Å². The van der Waals surface area contributed by atoms with Crippen LogP contribution in [0.1, 0.15) is 5.56 Å². The van der Waals surface area contributed by atoms with Crippen molar-refractivity contribution in [3.05, 3.63) is 34.3 Å². The van der Waals surface area contributed by atoms with Crippen molar-refractivity contribution in [3.63, 3.8) is 0 Å². The van der Waals surface area contributed by atoms with E-state index in [0.717, 1.165) is 0 Å². The van der Waals surface area contributed by atoms with E-state index in [4.69, 9.17) is 5.21 Å². The number of nitrogens with zero attached hydrogens (tertiary/aromatic N) is 1. The fourth-order valence-electron chi connectivity index (χ4n) is 2.22. The van der Waals surface area contributed by atoms with Crippen LogP contribution in [0.3, 0.4) is 0 Å². The van der Waals surface area contributed by atoms with E-state index in [1.807, 2.05) is 0 Å². The van der Waals surface area contributed by atoms with Crippen molar-refractivity contribution in [2.45, 2.75) is 47.6 Å². The van der Waals surface area contributed by atoms with Gasteiger partial charge >= 0.3 is 47.6 Å². The molecule has 1 aromatic carbocycles. The topological polar surface area (TPSA) is 32.6 Å². The second kappa shape index (κ2) is 8.53. The van der Waals surface area contributed by atoms with Gasteiger partial charge in [-0.1, -0.05) is 33.2 Å². The Hall–Kier alpha value is -2.02. The lowest BCUT2D eigenvalue weighted by molar-refractivity contribution is -0.458. The molecule has 0 saturated carbocycles. The molecule has 20 heteroatoms. The highest BCUT2D eigenvalue weighted by Gasteiger charge is 2.95. The van der Waals surface area contributed by atoms with Crippen molar-refractivity contribution in [3.8, 4) is 0 Å². The predicted molar refractivity (Wildman–Crippen MR) is 83.1 cm³/mol. The quantitative estimate of drug-likeness (QED) is 0.138. The van der Waals surface area contributed by atoms with E-state index in [9.17, 15) is 74.6 Å². The predicted octanol–water partition coefficient (Wildman–Crippen LogP) is 7.64. The van der Waals surface area contributed by atoms with Crippen molar-refractivity contribution in [2.75, 3.05) is 0 Å². The molecule has 0 fully saturated rings. The van der Waals surface area contributed by atoms with Crippen LogP contribution in [0.2, 0.25) is 0 Å².